The first-order valence-electron chi connectivity index (χ1n) is 19.1. The van der Waals surface area contributed by atoms with Crippen molar-refractivity contribution < 1.29 is 0 Å². The fourth-order valence-electron chi connectivity index (χ4n) is 8.29. The van der Waals surface area contributed by atoms with Gasteiger partial charge in [0.1, 0.15) is 0 Å². The summed E-state index contributed by atoms with van der Waals surface area (Å²) < 4.78 is 2.34. The van der Waals surface area contributed by atoms with Gasteiger partial charge in [0.15, 0.2) is 5.82 Å². The number of aromatic nitrogens is 4. The third-order valence-electron chi connectivity index (χ3n) is 11.0. The Morgan fingerprint density at radius 1 is 0.500 bits per heavy atom. The van der Waals surface area contributed by atoms with Crippen molar-refractivity contribution in [2.75, 3.05) is 4.90 Å². The molecule has 5 nitrogen and oxygen atoms in total. The molecular formula is C51H35N5. The van der Waals surface area contributed by atoms with Crippen LogP contribution in [0.2, 0.25) is 0 Å². The van der Waals surface area contributed by atoms with Gasteiger partial charge in [0.25, 0.3) is 0 Å². The minimum atomic E-state index is 0.000936. The zero-order chi connectivity index (χ0) is 37.0. The van der Waals surface area contributed by atoms with E-state index in [1.165, 1.54) is 27.5 Å². The molecule has 11 rings (SSSR count). The lowest BCUT2D eigenvalue weighted by atomic mass is 9.93. The fraction of sp³-hybridized carbons (Fsp3) is 0.0392. The number of anilines is 2. The summed E-state index contributed by atoms with van der Waals surface area (Å²) in [5.41, 5.74) is 13.9. The van der Waals surface area contributed by atoms with Gasteiger partial charge in [-0.1, -0.05) is 152 Å². The first-order chi connectivity index (χ1) is 27.7. The summed E-state index contributed by atoms with van der Waals surface area (Å²) in [7, 11) is 0. The highest BCUT2D eigenvalue weighted by atomic mass is 15.3. The molecule has 0 bridgehead atoms. The third-order valence-corrected chi connectivity index (χ3v) is 11.0. The minimum absolute atomic E-state index is 0.000936. The molecule has 3 heterocycles. The summed E-state index contributed by atoms with van der Waals surface area (Å²) in [6.45, 7) is 0. The van der Waals surface area contributed by atoms with Crippen LogP contribution >= 0.6 is 0 Å². The van der Waals surface area contributed by atoms with E-state index in [1.807, 2.05) is 24.3 Å². The lowest BCUT2D eigenvalue weighted by Gasteiger charge is -2.28. The van der Waals surface area contributed by atoms with E-state index < -0.39 is 0 Å². The number of fused-ring (bicyclic) bond motifs is 8. The number of nitrogens with zero attached hydrogens (tertiary/aromatic N) is 5. The summed E-state index contributed by atoms with van der Waals surface area (Å²) in [6, 6.07) is 62.1. The predicted molar refractivity (Wildman–Crippen MR) is 229 cm³/mol. The van der Waals surface area contributed by atoms with Crippen LogP contribution in [-0.4, -0.2) is 19.5 Å². The Bertz CT molecular complexity index is 3000. The van der Waals surface area contributed by atoms with Crippen molar-refractivity contribution >= 4 is 33.4 Å². The molecule has 264 valence electrons. The average Bonchev–Trinajstić information content (AvgIpc) is 3.60. The molecule has 2 aromatic heterocycles. The zero-order valence-electron chi connectivity index (χ0n) is 30.5. The lowest BCUT2D eigenvalue weighted by Crippen LogP contribution is -2.21. The van der Waals surface area contributed by atoms with Gasteiger partial charge >= 0.3 is 0 Å². The monoisotopic (exact) mass is 717 g/mol. The summed E-state index contributed by atoms with van der Waals surface area (Å²) in [5, 5.41) is 2.40. The molecule has 5 heteroatoms. The van der Waals surface area contributed by atoms with Gasteiger partial charge in [0.2, 0.25) is 5.95 Å². The average molecular weight is 718 g/mol. The van der Waals surface area contributed by atoms with Crippen molar-refractivity contribution in [2.24, 2.45) is 0 Å². The van der Waals surface area contributed by atoms with Crippen molar-refractivity contribution in [1.29, 1.82) is 0 Å². The van der Waals surface area contributed by atoms with Crippen molar-refractivity contribution in [2.45, 2.75) is 12.3 Å². The van der Waals surface area contributed by atoms with Crippen LogP contribution in [0.5, 0.6) is 0 Å². The van der Waals surface area contributed by atoms with Gasteiger partial charge in [-0.15, -0.1) is 0 Å². The van der Waals surface area contributed by atoms with Gasteiger partial charge in [-0.2, -0.15) is 0 Å². The van der Waals surface area contributed by atoms with Crippen molar-refractivity contribution in [3.63, 3.8) is 0 Å². The Hall–Kier alpha value is -7.37. The molecule has 56 heavy (non-hydrogen) atoms. The second-order valence-corrected chi connectivity index (χ2v) is 14.5. The van der Waals surface area contributed by atoms with Crippen molar-refractivity contribution in [3.05, 3.63) is 206 Å². The highest BCUT2D eigenvalue weighted by Gasteiger charge is 2.31. The van der Waals surface area contributed by atoms with E-state index >= 15 is 0 Å². The minimum Gasteiger partial charge on any atom is -0.280 e. The van der Waals surface area contributed by atoms with Crippen LogP contribution in [0.1, 0.15) is 18.0 Å². The molecule has 0 N–H and O–H groups in total. The predicted octanol–water partition coefficient (Wildman–Crippen LogP) is 12.7. The molecule has 1 aliphatic heterocycles. The van der Waals surface area contributed by atoms with Gasteiger partial charge in [0.05, 0.1) is 33.8 Å². The first-order valence-corrected chi connectivity index (χ1v) is 19.1. The SMILES string of the molecule is C1=CC(N2c3ccccc3-c3cc4ccccc4cc3-n3c2nc2ccccc23)=CC(c2cc(-c3ccc(-c4ccccc4)cc3)nc(-c3ccccc3)n2)C1. The largest absolute Gasteiger partial charge is 0.280 e. The number of hydrogen-bond acceptors (Lipinski definition) is 4. The van der Waals surface area contributed by atoms with Gasteiger partial charge in [0, 0.05) is 33.9 Å². The Kier molecular flexibility index (Phi) is 7.56. The quantitative estimate of drug-likeness (QED) is 0.178. The third kappa shape index (κ3) is 5.44. The van der Waals surface area contributed by atoms with E-state index in [4.69, 9.17) is 15.0 Å². The van der Waals surface area contributed by atoms with Gasteiger partial charge in [-0.05, 0) is 70.8 Å². The van der Waals surface area contributed by atoms with Crippen LogP contribution in [0.3, 0.4) is 0 Å². The molecule has 0 spiro atoms. The summed E-state index contributed by atoms with van der Waals surface area (Å²) in [6.07, 6.45) is 7.71. The topological polar surface area (TPSA) is 46.8 Å². The van der Waals surface area contributed by atoms with E-state index in [2.05, 4.69) is 179 Å². The van der Waals surface area contributed by atoms with E-state index in [0.717, 1.165) is 74.4 Å². The standard InChI is InChI=1S/C51H35N5/c1-3-14-34(15-4-1)35-26-28-36(29-27-35)45-33-46(53-50(52-45)37-16-5-2-6-17-37)40-20-13-21-41(30-40)55-47-24-11-9-22-42(47)43-31-38-18-7-8-19-39(38)32-49(43)56-48-25-12-10-23-44(48)54-51(55)56/h1-19,21-33,40H,20H2. The molecule has 0 saturated heterocycles. The number of hydrogen-bond donors (Lipinski definition) is 0. The van der Waals surface area contributed by atoms with Crippen LogP contribution in [0.4, 0.5) is 11.6 Å². The molecule has 7 aromatic carbocycles. The lowest BCUT2D eigenvalue weighted by molar-refractivity contribution is 0.797. The second kappa shape index (κ2) is 13.2. The van der Waals surface area contributed by atoms with E-state index in [0.29, 0.717) is 0 Å². The summed E-state index contributed by atoms with van der Waals surface area (Å²) in [4.78, 5) is 18.1. The molecule has 1 aliphatic carbocycles. The van der Waals surface area contributed by atoms with Crippen LogP contribution in [0, 0.1) is 0 Å². The molecule has 2 aliphatic rings. The van der Waals surface area contributed by atoms with E-state index in [1.54, 1.807) is 0 Å². The second-order valence-electron chi connectivity index (χ2n) is 14.5. The van der Waals surface area contributed by atoms with Gasteiger partial charge in [-0.25, -0.2) is 15.0 Å². The molecule has 0 amide bonds. The highest BCUT2D eigenvalue weighted by molar-refractivity contribution is 6.00. The Morgan fingerprint density at radius 3 is 1.98 bits per heavy atom. The summed E-state index contributed by atoms with van der Waals surface area (Å²) in [5.74, 6) is 1.58. The number of allylic oxidation sites excluding steroid dienone is 3. The Labute approximate surface area is 325 Å². The zero-order valence-corrected chi connectivity index (χ0v) is 30.5. The molecule has 9 aromatic rings. The smallest absolute Gasteiger partial charge is 0.220 e. The van der Waals surface area contributed by atoms with E-state index in [9.17, 15) is 0 Å². The molecular weight excluding hydrogens is 683 g/mol. The van der Waals surface area contributed by atoms with E-state index in [-0.39, 0.29) is 5.92 Å². The normalized spacial score (nSPS) is 14.5. The van der Waals surface area contributed by atoms with Crippen LogP contribution in [-0.2, 0) is 0 Å². The fourth-order valence-corrected chi connectivity index (χ4v) is 8.29. The van der Waals surface area contributed by atoms with Crippen molar-refractivity contribution in [1.82, 2.24) is 19.5 Å². The Morgan fingerprint density at radius 2 is 1.16 bits per heavy atom. The maximum atomic E-state index is 5.37. The molecule has 1 unspecified atom stereocenters. The number of imidazole rings is 1. The number of rotatable bonds is 5. The summed E-state index contributed by atoms with van der Waals surface area (Å²) >= 11 is 0. The molecule has 0 saturated carbocycles. The maximum absolute atomic E-state index is 5.37. The number of para-hydroxylation sites is 3. The molecule has 0 radical (unpaired) electrons. The van der Waals surface area contributed by atoms with Crippen LogP contribution in [0.25, 0.3) is 72.4 Å². The van der Waals surface area contributed by atoms with Gasteiger partial charge < -0.3 is 0 Å². The van der Waals surface area contributed by atoms with Crippen molar-refractivity contribution in [3.8, 4) is 50.6 Å². The van der Waals surface area contributed by atoms with Crippen LogP contribution < -0.4 is 4.90 Å². The number of benzene rings is 7. The van der Waals surface area contributed by atoms with Gasteiger partial charge in [-0.3, -0.25) is 9.47 Å². The maximum Gasteiger partial charge on any atom is 0.220 e. The van der Waals surface area contributed by atoms with Crippen LogP contribution in [0.15, 0.2) is 200 Å². The molecule has 1 atom stereocenters. The Balaban J connectivity index is 1.08. The molecule has 0 fully saturated rings. The highest BCUT2D eigenvalue weighted by Crippen LogP contribution is 2.48. The first kappa shape index (κ1) is 32.1.